The molecule has 0 spiro atoms. The van der Waals surface area contributed by atoms with Crippen LogP contribution in [0.4, 0.5) is 5.00 Å². The van der Waals surface area contributed by atoms with Crippen molar-refractivity contribution < 1.29 is 29.0 Å². The Hall–Kier alpha value is -3.49. The van der Waals surface area contributed by atoms with Crippen LogP contribution in [0.1, 0.15) is 45.3 Å². The third-order valence-corrected chi connectivity index (χ3v) is 6.87. The standard InChI is InChI=1S/C26H25NO6S/c1-2-32-24(29)22-19-14-9-15-20(19)34-23(22)27-21(28)16-33-25(30)26(31,17-10-5-3-6-11-17)18-12-7-4-8-13-18/h3-8,10-13,31H,2,9,14-16H2,1H3,(H,27,28). The van der Waals surface area contributed by atoms with Crippen LogP contribution in [0.2, 0.25) is 0 Å². The lowest BCUT2D eigenvalue weighted by molar-refractivity contribution is -0.163. The van der Waals surface area contributed by atoms with Crippen LogP contribution in [0, 0.1) is 0 Å². The number of rotatable bonds is 8. The Labute approximate surface area is 201 Å². The maximum absolute atomic E-state index is 13.1. The largest absolute Gasteiger partial charge is 0.462 e. The summed E-state index contributed by atoms with van der Waals surface area (Å²) in [5.74, 6) is -2.06. The molecule has 0 saturated heterocycles. The number of ether oxygens (including phenoxy) is 2. The third kappa shape index (κ3) is 4.60. The van der Waals surface area contributed by atoms with Gasteiger partial charge in [0.15, 0.2) is 6.61 Å². The van der Waals surface area contributed by atoms with E-state index >= 15 is 0 Å². The highest BCUT2D eigenvalue weighted by atomic mass is 32.1. The van der Waals surface area contributed by atoms with E-state index in [1.807, 2.05) is 0 Å². The van der Waals surface area contributed by atoms with Crippen molar-refractivity contribution in [2.45, 2.75) is 31.8 Å². The van der Waals surface area contributed by atoms with E-state index in [1.54, 1.807) is 67.6 Å². The van der Waals surface area contributed by atoms with Crippen molar-refractivity contribution in [3.63, 3.8) is 0 Å². The highest BCUT2D eigenvalue weighted by Crippen LogP contribution is 2.39. The fraction of sp³-hybridized carbons (Fsp3) is 0.269. The van der Waals surface area contributed by atoms with E-state index in [1.165, 1.54) is 11.3 Å². The Morgan fingerprint density at radius 1 is 0.971 bits per heavy atom. The molecule has 0 radical (unpaired) electrons. The molecule has 1 aromatic heterocycles. The van der Waals surface area contributed by atoms with Gasteiger partial charge in [-0.2, -0.15) is 0 Å². The molecule has 176 valence electrons. The Morgan fingerprint density at radius 2 is 1.59 bits per heavy atom. The van der Waals surface area contributed by atoms with Gasteiger partial charge in [-0.3, -0.25) is 4.79 Å². The molecule has 0 atom stereocenters. The van der Waals surface area contributed by atoms with Crippen molar-refractivity contribution in [2.24, 2.45) is 0 Å². The molecule has 34 heavy (non-hydrogen) atoms. The first kappa shape index (κ1) is 23.7. The zero-order chi connectivity index (χ0) is 24.1. The molecular formula is C26H25NO6S. The van der Waals surface area contributed by atoms with E-state index in [9.17, 15) is 19.5 Å². The molecule has 1 aliphatic carbocycles. The van der Waals surface area contributed by atoms with Gasteiger partial charge in [0.2, 0.25) is 5.60 Å². The second-order valence-corrected chi connectivity index (χ2v) is 8.95. The number of nitrogens with one attached hydrogen (secondary N) is 1. The van der Waals surface area contributed by atoms with E-state index in [0.29, 0.717) is 21.7 Å². The van der Waals surface area contributed by atoms with Crippen LogP contribution in [0.15, 0.2) is 60.7 Å². The zero-order valence-corrected chi connectivity index (χ0v) is 19.5. The van der Waals surface area contributed by atoms with Crippen LogP contribution in [0.5, 0.6) is 0 Å². The first-order valence-electron chi connectivity index (χ1n) is 11.1. The summed E-state index contributed by atoms with van der Waals surface area (Å²) in [6, 6.07) is 16.8. The van der Waals surface area contributed by atoms with Gasteiger partial charge < -0.3 is 19.9 Å². The highest BCUT2D eigenvalue weighted by Gasteiger charge is 2.42. The first-order chi connectivity index (χ1) is 16.4. The molecule has 0 fully saturated rings. The average molecular weight is 480 g/mol. The Kier molecular flexibility index (Phi) is 7.09. The molecule has 1 aliphatic rings. The molecule has 0 unspecified atom stereocenters. The Morgan fingerprint density at radius 3 is 2.18 bits per heavy atom. The molecule has 1 amide bonds. The minimum absolute atomic E-state index is 0.228. The zero-order valence-electron chi connectivity index (χ0n) is 18.7. The lowest BCUT2D eigenvalue weighted by Crippen LogP contribution is -2.39. The van der Waals surface area contributed by atoms with Crippen molar-refractivity contribution in [3.05, 3.63) is 87.8 Å². The van der Waals surface area contributed by atoms with Crippen molar-refractivity contribution in [2.75, 3.05) is 18.5 Å². The number of esters is 2. The average Bonchev–Trinajstić information content (AvgIpc) is 3.44. The second kappa shape index (κ2) is 10.2. The van der Waals surface area contributed by atoms with Gasteiger partial charge in [-0.15, -0.1) is 11.3 Å². The van der Waals surface area contributed by atoms with Crippen molar-refractivity contribution in [1.29, 1.82) is 0 Å². The smallest absolute Gasteiger partial charge is 0.348 e. The molecule has 0 bridgehead atoms. The van der Waals surface area contributed by atoms with Crippen molar-refractivity contribution in [1.82, 2.24) is 0 Å². The highest BCUT2D eigenvalue weighted by molar-refractivity contribution is 7.17. The van der Waals surface area contributed by atoms with E-state index < -0.39 is 30.1 Å². The summed E-state index contributed by atoms with van der Waals surface area (Å²) in [4.78, 5) is 39.3. The van der Waals surface area contributed by atoms with Gasteiger partial charge in [-0.05, 0) is 42.9 Å². The number of fused-ring (bicyclic) bond motifs is 1. The Bertz CT molecular complexity index is 1150. The number of hydrogen-bond donors (Lipinski definition) is 2. The van der Waals surface area contributed by atoms with E-state index in [4.69, 9.17) is 9.47 Å². The van der Waals surface area contributed by atoms with Gasteiger partial charge >= 0.3 is 11.9 Å². The molecule has 7 nitrogen and oxygen atoms in total. The maximum atomic E-state index is 13.1. The third-order valence-electron chi connectivity index (χ3n) is 5.67. The summed E-state index contributed by atoms with van der Waals surface area (Å²) in [6.45, 7) is 1.33. The molecule has 2 aromatic carbocycles. The fourth-order valence-electron chi connectivity index (χ4n) is 4.07. The molecule has 8 heteroatoms. The predicted molar refractivity (Wildman–Crippen MR) is 128 cm³/mol. The van der Waals surface area contributed by atoms with E-state index in [-0.39, 0.29) is 6.61 Å². The number of thiophene rings is 1. The molecule has 4 rings (SSSR count). The van der Waals surface area contributed by atoms with Gasteiger partial charge in [-0.1, -0.05) is 60.7 Å². The number of aryl methyl sites for hydroxylation is 1. The molecule has 3 aromatic rings. The minimum Gasteiger partial charge on any atom is -0.462 e. The quantitative estimate of drug-likeness (QED) is 0.476. The van der Waals surface area contributed by atoms with Gasteiger partial charge in [-0.25, -0.2) is 9.59 Å². The van der Waals surface area contributed by atoms with Crippen LogP contribution >= 0.6 is 11.3 Å². The second-order valence-electron chi connectivity index (χ2n) is 7.85. The number of hydrogen-bond acceptors (Lipinski definition) is 7. The van der Waals surface area contributed by atoms with Crippen molar-refractivity contribution >= 4 is 34.2 Å². The van der Waals surface area contributed by atoms with Crippen LogP contribution in [-0.4, -0.2) is 36.2 Å². The predicted octanol–water partition coefficient (Wildman–Crippen LogP) is 3.83. The summed E-state index contributed by atoms with van der Waals surface area (Å²) >= 11 is 1.34. The molecule has 0 aliphatic heterocycles. The molecule has 0 saturated carbocycles. The Balaban J connectivity index is 1.51. The lowest BCUT2D eigenvalue weighted by Gasteiger charge is -2.26. The maximum Gasteiger partial charge on any atom is 0.348 e. The minimum atomic E-state index is -2.08. The first-order valence-corrected chi connectivity index (χ1v) is 11.9. The molecular weight excluding hydrogens is 454 g/mol. The van der Waals surface area contributed by atoms with Crippen LogP contribution in [-0.2, 0) is 37.5 Å². The number of amides is 1. The summed E-state index contributed by atoms with van der Waals surface area (Å²) in [5.41, 5.74) is -0.137. The van der Waals surface area contributed by atoms with Crippen LogP contribution in [0.25, 0.3) is 0 Å². The van der Waals surface area contributed by atoms with Crippen molar-refractivity contribution in [3.8, 4) is 0 Å². The monoisotopic (exact) mass is 479 g/mol. The number of carbonyl (C=O) groups excluding carboxylic acids is 3. The lowest BCUT2D eigenvalue weighted by atomic mass is 9.86. The van der Waals surface area contributed by atoms with E-state index in [2.05, 4.69) is 5.32 Å². The van der Waals surface area contributed by atoms with E-state index in [0.717, 1.165) is 29.7 Å². The molecule has 1 heterocycles. The van der Waals surface area contributed by atoms with Gasteiger partial charge in [0.25, 0.3) is 5.91 Å². The van der Waals surface area contributed by atoms with Gasteiger partial charge in [0, 0.05) is 4.88 Å². The number of benzene rings is 2. The fourth-order valence-corrected chi connectivity index (χ4v) is 5.36. The van der Waals surface area contributed by atoms with Crippen LogP contribution in [0.3, 0.4) is 0 Å². The number of anilines is 1. The van der Waals surface area contributed by atoms with Gasteiger partial charge in [0.1, 0.15) is 5.00 Å². The number of carbonyl (C=O) groups is 3. The number of aliphatic hydroxyl groups is 1. The summed E-state index contributed by atoms with van der Waals surface area (Å²) in [7, 11) is 0. The summed E-state index contributed by atoms with van der Waals surface area (Å²) in [5, 5.41) is 14.5. The SMILES string of the molecule is CCOC(=O)c1c(NC(=O)COC(=O)C(O)(c2ccccc2)c2ccccc2)sc2c1CCC2. The van der Waals surface area contributed by atoms with Gasteiger partial charge in [0.05, 0.1) is 12.2 Å². The normalized spacial score (nSPS) is 12.6. The summed E-state index contributed by atoms with van der Waals surface area (Å²) < 4.78 is 10.4. The van der Waals surface area contributed by atoms with Crippen LogP contribution < -0.4 is 5.32 Å². The summed E-state index contributed by atoms with van der Waals surface area (Å²) in [6.07, 6.45) is 2.56. The topological polar surface area (TPSA) is 102 Å². The molecule has 2 N–H and O–H groups in total.